The molecule has 0 unspecified atom stereocenters. The van der Waals surface area contributed by atoms with Crippen molar-refractivity contribution in [1.29, 1.82) is 0 Å². The lowest BCUT2D eigenvalue weighted by atomic mass is 9.85. The number of nitrogen functional groups attached to an aromatic ring is 1. The van der Waals surface area contributed by atoms with Crippen LogP contribution in [0.25, 0.3) is 0 Å². The predicted octanol–water partition coefficient (Wildman–Crippen LogP) is 2.34. The molecule has 0 aliphatic rings. The number of benzene rings is 1. The summed E-state index contributed by atoms with van der Waals surface area (Å²) in [7, 11) is 3.92. The summed E-state index contributed by atoms with van der Waals surface area (Å²) >= 11 is 0. The Labute approximate surface area is 91.5 Å². The molecule has 0 atom stereocenters. The molecule has 0 radical (unpaired) electrons. The van der Waals surface area contributed by atoms with Gasteiger partial charge in [-0.2, -0.15) is 0 Å². The minimum atomic E-state index is 0.0153. The van der Waals surface area contributed by atoms with E-state index >= 15 is 0 Å². The first kappa shape index (κ1) is 11.7. The van der Waals surface area contributed by atoms with Crippen LogP contribution in [-0.2, 0) is 5.41 Å². The predicted molar refractivity (Wildman–Crippen MR) is 65.5 cm³/mol. The van der Waals surface area contributed by atoms with Gasteiger partial charge in [0.15, 0.2) is 0 Å². The van der Waals surface area contributed by atoms with Gasteiger partial charge >= 0.3 is 0 Å². The summed E-state index contributed by atoms with van der Waals surface area (Å²) < 4.78 is 0. The first-order valence-electron chi connectivity index (χ1n) is 5.04. The second-order valence-corrected chi connectivity index (χ2v) is 5.07. The third-order valence-corrected chi connectivity index (χ3v) is 2.43. The highest BCUT2D eigenvalue weighted by molar-refractivity contribution is 5.67. The standard InChI is InChI=1S/C12H20N2O/c1-12(2,3)8-6-9(13)11(15)7-10(8)14(4)5/h6-7,15H,13H2,1-5H3. The van der Waals surface area contributed by atoms with Gasteiger partial charge in [0, 0.05) is 25.8 Å². The maximum Gasteiger partial charge on any atom is 0.140 e. The molecule has 15 heavy (non-hydrogen) atoms. The second-order valence-electron chi connectivity index (χ2n) is 5.07. The smallest absolute Gasteiger partial charge is 0.140 e. The maximum atomic E-state index is 9.59. The number of phenols is 1. The highest BCUT2D eigenvalue weighted by atomic mass is 16.3. The third kappa shape index (κ3) is 2.35. The van der Waals surface area contributed by atoms with E-state index in [4.69, 9.17) is 5.73 Å². The van der Waals surface area contributed by atoms with Gasteiger partial charge in [-0.15, -0.1) is 0 Å². The van der Waals surface area contributed by atoms with Crippen LogP contribution in [0.3, 0.4) is 0 Å². The van der Waals surface area contributed by atoms with Gasteiger partial charge in [0.2, 0.25) is 0 Å². The van der Waals surface area contributed by atoms with Crippen molar-refractivity contribution in [1.82, 2.24) is 0 Å². The van der Waals surface area contributed by atoms with Crippen molar-refractivity contribution in [3.05, 3.63) is 17.7 Å². The summed E-state index contributed by atoms with van der Waals surface area (Å²) in [6, 6.07) is 3.57. The largest absolute Gasteiger partial charge is 0.506 e. The molecule has 1 aromatic carbocycles. The molecule has 0 heterocycles. The van der Waals surface area contributed by atoms with Gasteiger partial charge in [-0.25, -0.2) is 0 Å². The first-order chi connectivity index (χ1) is 6.73. The number of nitrogens with zero attached hydrogens (tertiary/aromatic N) is 1. The van der Waals surface area contributed by atoms with E-state index in [2.05, 4.69) is 20.8 Å². The van der Waals surface area contributed by atoms with Gasteiger partial charge in [0.1, 0.15) is 5.75 Å². The topological polar surface area (TPSA) is 49.5 Å². The summed E-state index contributed by atoms with van der Waals surface area (Å²) in [5, 5.41) is 9.59. The van der Waals surface area contributed by atoms with E-state index in [0.717, 1.165) is 11.3 Å². The quantitative estimate of drug-likeness (QED) is 0.550. The van der Waals surface area contributed by atoms with Gasteiger partial charge in [0.05, 0.1) is 5.69 Å². The minimum Gasteiger partial charge on any atom is -0.506 e. The Kier molecular flexibility index (Phi) is 2.84. The normalized spacial score (nSPS) is 11.5. The molecule has 84 valence electrons. The van der Waals surface area contributed by atoms with E-state index < -0.39 is 0 Å². The molecule has 0 saturated heterocycles. The number of nitrogens with two attached hydrogens (primary N) is 1. The van der Waals surface area contributed by atoms with Crippen molar-refractivity contribution in [3.8, 4) is 5.75 Å². The van der Waals surface area contributed by atoms with E-state index in [0.29, 0.717) is 5.69 Å². The van der Waals surface area contributed by atoms with Crippen LogP contribution in [0.2, 0.25) is 0 Å². The van der Waals surface area contributed by atoms with Crippen LogP contribution < -0.4 is 10.6 Å². The van der Waals surface area contributed by atoms with Gasteiger partial charge in [-0.05, 0) is 17.0 Å². The van der Waals surface area contributed by atoms with Crippen molar-refractivity contribution in [2.75, 3.05) is 24.7 Å². The van der Waals surface area contributed by atoms with Gasteiger partial charge in [-0.3, -0.25) is 0 Å². The van der Waals surface area contributed by atoms with Crippen molar-refractivity contribution in [2.45, 2.75) is 26.2 Å². The van der Waals surface area contributed by atoms with Gasteiger partial charge in [-0.1, -0.05) is 20.8 Å². The molecule has 3 N–H and O–H groups in total. The number of phenolic OH excluding ortho intramolecular Hbond substituents is 1. The fourth-order valence-electron chi connectivity index (χ4n) is 1.56. The molecular formula is C12H20N2O. The summed E-state index contributed by atoms with van der Waals surface area (Å²) in [4.78, 5) is 1.99. The molecule has 1 aromatic rings. The zero-order valence-electron chi connectivity index (χ0n) is 10.1. The molecule has 0 aliphatic carbocycles. The second kappa shape index (κ2) is 3.65. The molecule has 0 aliphatic heterocycles. The lowest BCUT2D eigenvalue weighted by Gasteiger charge is -2.27. The molecular weight excluding hydrogens is 188 g/mol. The monoisotopic (exact) mass is 208 g/mol. The molecule has 3 heteroatoms. The van der Waals surface area contributed by atoms with E-state index in [1.807, 2.05) is 25.1 Å². The number of hydrogen-bond acceptors (Lipinski definition) is 3. The Morgan fingerprint density at radius 2 is 1.73 bits per heavy atom. The number of aromatic hydroxyl groups is 1. The molecule has 0 bridgehead atoms. The third-order valence-electron chi connectivity index (χ3n) is 2.43. The molecule has 1 rings (SSSR count). The van der Waals surface area contributed by atoms with Crippen molar-refractivity contribution in [3.63, 3.8) is 0 Å². The lowest BCUT2D eigenvalue weighted by Crippen LogP contribution is -2.19. The Hall–Kier alpha value is -1.38. The fraction of sp³-hybridized carbons (Fsp3) is 0.500. The van der Waals surface area contributed by atoms with E-state index in [-0.39, 0.29) is 11.2 Å². The molecule has 0 fully saturated rings. The zero-order valence-corrected chi connectivity index (χ0v) is 10.1. The van der Waals surface area contributed by atoms with Crippen LogP contribution in [0.5, 0.6) is 5.75 Å². The summed E-state index contributed by atoms with van der Waals surface area (Å²) in [5.74, 6) is 0.145. The van der Waals surface area contributed by atoms with Crippen LogP contribution in [0.1, 0.15) is 26.3 Å². The zero-order chi connectivity index (χ0) is 11.8. The number of rotatable bonds is 1. The average molecular weight is 208 g/mol. The van der Waals surface area contributed by atoms with Crippen LogP contribution in [0.4, 0.5) is 11.4 Å². The van der Waals surface area contributed by atoms with E-state index in [1.54, 1.807) is 6.07 Å². The van der Waals surface area contributed by atoms with Crippen LogP contribution in [0, 0.1) is 0 Å². The van der Waals surface area contributed by atoms with E-state index in [9.17, 15) is 5.11 Å². The number of anilines is 2. The number of hydrogen-bond donors (Lipinski definition) is 2. The fourth-order valence-corrected chi connectivity index (χ4v) is 1.56. The average Bonchev–Trinajstić information content (AvgIpc) is 2.06. The molecule has 3 nitrogen and oxygen atoms in total. The summed E-state index contributed by atoms with van der Waals surface area (Å²) in [6.45, 7) is 6.39. The van der Waals surface area contributed by atoms with Crippen LogP contribution in [0.15, 0.2) is 12.1 Å². The van der Waals surface area contributed by atoms with Crippen LogP contribution in [-0.4, -0.2) is 19.2 Å². The Morgan fingerprint density at radius 1 is 1.20 bits per heavy atom. The molecule has 0 amide bonds. The highest BCUT2D eigenvalue weighted by Gasteiger charge is 2.20. The Balaban J connectivity index is 3.42. The Bertz CT molecular complexity index is 365. The molecule has 0 aromatic heterocycles. The van der Waals surface area contributed by atoms with E-state index in [1.165, 1.54) is 0 Å². The SMILES string of the molecule is CN(C)c1cc(O)c(N)cc1C(C)(C)C. The summed E-state index contributed by atoms with van der Waals surface area (Å²) in [6.07, 6.45) is 0. The highest BCUT2D eigenvalue weighted by Crippen LogP contribution is 2.36. The van der Waals surface area contributed by atoms with Crippen molar-refractivity contribution >= 4 is 11.4 Å². The van der Waals surface area contributed by atoms with Gasteiger partial charge < -0.3 is 15.7 Å². The van der Waals surface area contributed by atoms with Crippen LogP contribution >= 0.6 is 0 Å². The lowest BCUT2D eigenvalue weighted by molar-refractivity contribution is 0.477. The minimum absolute atomic E-state index is 0.0153. The van der Waals surface area contributed by atoms with Gasteiger partial charge in [0.25, 0.3) is 0 Å². The summed E-state index contributed by atoms with van der Waals surface area (Å²) in [5.41, 5.74) is 8.32. The molecule has 0 saturated carbocycles. The molecule has 0 spiro atoms. The van der Waals surface area contributed by atoms with Crippen molar-refractivity contribution < 1.29 is 5.11 Å². The first-order valence-corrected chi connectivity index (χ1v) is 5.04. The van der Waals surface area contributed by atoms with Crippen molar-refractivity contribution in [2.24, 2.45) is 0 Å². The maximum absolute atomic E-state index is 9.59. The Morgan fingerprint density at radius 3 is 2.13 bits per heavy atom.